The van der Waals surface area contributed by atoms with E-state index in [-0.39, 0.29) is 11.0 Å². The molecule has 0 spiro atoms. The maximum absolute atomic E-state index is 10.8. The minimum absolute atomic E-state index is 0.228. The lowest BCUT2D eigenvalue weighted by molar-refractivity contribution is 0.0696. The smallest absolute Gasteiger partial charge is 0.337 e. The molecule has 0 fully saturated rings. The molecule has 0 saturated carbocycles. The molecular weight excluding hydrogens is 240 g/mol. The van der Waals surface area contributed by atoms with Gasteiger partial charge in [-0.1, -0.05) is 32.4 Å². The third-order valence-electron chi connectivity index (χ3n) is 3.49. The van der Waals surface area contributed by atoms with E-state index in [0.29, 0.717) is 0 Å². The Balaban J connectivity index is 2.09. The number of carboxylic acid groups (broad SMARTS) is 1. The van der Waals surface area contributed by atoms with E-state index in [0.717, 1.165) is 25.3 Å². The minimum atomic E-state index is -0.937. The van der Waals surface area contributed by atoms with Gasteiger partial charge in [0.2, 0.25) is 0 Å². The lowest BCUT2D eigenvalue weighted by atomic mass is 9.83. The van der Waals surface area contributed by atoms with Gasteiger partial charge in [0, 0.05) is 19.3 Å². The highest BCUT2D eigenvalue weighted by molar-refractivity contribution is 5.87. The van der Waals surface area contributed by atoms with Crippen molar-refractivity contribution in [3.63, 3.8) is 0 Å². The van der Waals surface area contributed by atoms with Crippen LogP contribution in [0.5, 0.6) is 0 Å². The third-order valence-corrected chi connectivity index (χ3v) is 3.49. The zero-order valence-corrected chi connectivity index (χ0v) is 11.7. The van der Waals surface area contributed by atoms with E-state index in [1.54, 1.807) is 12.1 Å². The summed E-state index contributed by atoms with van der Waals surface area (Å²) in [4.78, 5) is 17.2. The quantitative estimate of drug-likeness (QED) is 0.831. The molecular formula is C15H20N2O2. The van der Waals surface area contributed by atoms with Crippen LogP contribution in [0.2, 0.25) is 0 Å². The Morgan fingerprint density at radius 1 is 1.37 bits per heavy atom. The molecule has 4 heteroatoms. The number of carboxylic acids is 1. The lowest BCUT2D eigenvalue weighted by Crippen LogP contribution is -2.31. The number of hydrogen-bond donors (Lipinski definition) is 1. The van der Waals surface area contributed by atoms with Crippen molar-refractivity contribution in [1.82, 2.24) is 4.98 Å². The number of anilines is 1. The van der Waals surface area contributed by atoms with Crippen molar-refractivity contribution in [2.75, 3.05) is 18.0 Å². The van der Waals surface area contributed by atoms with E-state index in [9.17, 15) is 4.79 Å². The van der Waals surface area contributed by atoms with E-state index in [1.165, 1.54) is 11.8 Å². The van der Waals surface area contributed by atoms with Crippen LogP contribution in [0.25, 0.3) is 0 Å². The summed E-state index contributed by atoms with van der Waals surface area (Å²) in [6.45, 7) is 8.46. The van der Waals surface area contributed by atoms with Crippen LogP contribution in [0.1, 0.15) is 37.6 Å². The van der Waals surface area contributed by atoms with Crippen LogP contribution in [0, 0.1) is 5.41 Å². The Bertz CT molecular complexity index is 498. The fraction of sp³-hybridized carbons (Fsp3) is 0.467. The molecule has 0 bridgehead atoms. The van der Waals surface area contributed by atoms with Crippen molar-refractivity contribution in [3.8, 4) is 0 Å². The van der Waals surface area contributed by atoms with Crippen molar-refractivity contribution in [2.45, 2.75) is 27.2 Å². The Kier molecular flexibility index (Phi) is 3.60. The zero-order valence-electron chi connectivity index (χ0n) is 11.7. The summed E-state index contributed by atoms with van der Waals surface area (Å²) in [5.41, 5.74) is 1.93. The number of carbonyl (C=O) groups is 1. The normalized spacial score (nSPS) is 16.2. The molecule has 1 aliphatic rings. The molecule has 0 saturated heterocycles. The van der Waals surface area contributed by atoms with Gasteiger partial charge in [0.25, 0.3) is 0 Å². The van der Waals surface area contributed by atoms with Crippen molar-refractivity contribution in [1.29, 1.82) is 0 Å². The van der Waals surface area contributed by atoms with Gasteiger partial charge in [-0.25, -0.2) is 9.78 Å². The number of rotatable bonds is 2. The van der Waals surface area contributed by atoms with Gasteiger partial charge in [0.05, 0.1) is 5.56 Å². The molecule has 0 amide bonds. The average Bonchev–Trinajstić information content (AvgIpc) is 2.38. The summed E-state index contributed by atoms with van der Waals surface area (Å²) >= 11 is 0. The Morgan fingerprint density at radius 3 is 2.53 bits per heavy atom. The molecule has 0 atom stereocenters. The SMILES string of the molecule is CC(C)(C)C1=CCN(c2ccc(C(=O)O)cn2)CC1. The first-order valence-corrected chi connectivity index (χ1v) is 6.52. The second-order valence-electron chi connectivity index (χ2n) is 5.89. The Labute approximate surface area is 113 Å². The second kappa shape index (κ2) is 5.03. The predicted molar refractivity (Wildman–Crippen MR) is 75.6 cm³/mol. The molecule has 2 rings (SSSR count). The van der Waals surface area contributed by atoms with Crippen LogP contribution in [0.4, 0.5) is 5.82 Å². The van der Waals surface area contributed by atoms with Gasteiger partial charge >= 0.3 is 5.97 Å². The molecule has 0 aliphatic carbocycles. The van der Waals surface area contributed by atoms with Crippen molar-refractivity contribution in [3.05, 3.63) is 35.5 Å². The summed E-state index contributed by atoms with van der Waals surface area (Å²) in [7, 11) is 0. The molecule has 19 heavy (non-hydrogen) atoms. The van der Waals surface area contributed by atoms with Crippen LogP contribution in [-0.4, -0.2) is 29.1 Å². The van der Waals surface area contributed by atoms with Gasteiger partial charge in [-0.3, -0.25) is 0 Å². The van der Waals surface area contributed by atoms with Gasteiger partial charge in [0.1, 0.15) is 5.82 Å². The molecule has 0 aromatic carbocycles. The molecule has 0 unspecified atom stereocenters. The molecule has 102 valence electrons. The lowest BCUT2D eigenvalue weighted by Gasteiger charge is -2.32. The largest absolute Gasteiger partial charge is 0.478 e. The van der Waals surface area contributed by atoms with Crippen LogP contribution < -0.4 is 4.90 Å². The van der Waals surface area contributed by atoms with E-state index in [4.69, 9.17) is 5.11 Å². The fourth-order valence-corrected chi connectivity index (χ4v) is 2.26. The van der Waals surface area contributed by atoms with Crippen LogP contribution in [0.3, 0.4) is 0 Å². The van der Waals surface area contributed by atoms with Crippen LogP contribution in [0.15, 0.2) is 30.0 Å². The highest BCUT2D eigenvalue weighted by Crippen LogP contribution is 2.31. The second-order valence-corrected chi connectivity index (χ2v) is 5.89. The van der Waals surface area contributed by atoms with E-state index >= 15 is 0 Å². The maximum Gasteiger partial charge on any atom is 0.337 e. The standard InChI is InChI=1S/C15H20N2O2/c1-15(2,3)12-6-8-17(9-7-12)13-5-4-11(10-16-13)14(18)19/h4-6,10H,7-9H2,1-3H3,(H,18,19). The first kappa shape index (κ1) is 13.6. The summed E-state index contributed by atoms with van der Waals surface area (Å²) < 4.78 is 0. The topological polar surface area (TPSA) is 53.4 Å². The predicted octanol–water partition coefficient (Wildman–Crippen LogP) is 2.96. The number of hydrogen-bond acceptors (Lipinski definition) is 3. The van der Waals surface area contributed by atoms with Gasteiger partial charge in [-0.15, -0.1) is 0 Å². The summed E-state index contributed by atoms with van der Waals surface area (Å²) in [6.07, 6.45) is 4.71. The summed E-state index contributed by atoms with van der Waals surface area (Å²) in [5, 5.41) is 8.85. The van der Waals surface area contributed by atoms with Gasteiger partial charge in [0.15, 0.2) is 0 Å². The molecule has 2 heterocycles. The molecule has 1 aromatic rings. The minimum Gasteiger partial charge on any atom is -0.478 e. The highest BCUT2D eigenvalue weighted by Gasteiger charge is 2.21. The summed E-state index contributed by atoms with van der Waals surface area (Å²) in [6, 6.07) is 3.38. The Morgan fingerprint density at radius 2 is 2.11 bits per heavy atom. The van der Waals surface area contributed by atoms with Gasteiger partial charge in [-0.05, 0) is 24.0 Å². The number of aromatic carboxylic acids is 1. The zero-order chi connectivity index (χ0) is 14.0. The molecule has 1 N–H and O–H groups in total. The molecule has 1 aromatic heterocycles. The van der Waals surface area contributed by atoms with Crippen LogP contribution >= 0.6 is 0 Å². The first-order chi connectivity index (χ1) is 8.88. The summed E-state index contributed by atoms with van der Waals surface area (Å²) in [5.74, 6) is -0.0955. The number of nitrogens with zero attached hydrogens (tertiary/aromatic N) is 2. The monoisotopic (exact) mass is 260 g/mol. The first-order valence-electron chi connectivity index (χ1n) is 6.52. The van der Waals surface area contributed by atoms with E-state index in [1.807, 2.05) is 0 Å². The van der Waals surface area contributed by atoms with Gasteiger partial charge < -0.3 is 10.0 Å². The van der Waals surface area contributed by atoms with Crippen molar-refractivity contribution >= 4 is 11.8 Å². The average molecular weight is 260 g/mol. The number of aromatic nitrogens is 1. The highest BCUT2D eigenvalue weighted by atomic mass is 16.4. The van der Waals surface area contributed by atoms with Crippen molar-refractivity contribution < 1.29 is 9.90 Å². The van der Waals surface area contributed by atoms with E-state index in [2.05, 4.69) is 36.7 Å². The molecule has 1 aliphatic heterocycles. The number of pyridine rings is 1. The van der Waals surface area contributed by atoms with E-state index < -0.39 is 5.97 Å². The molecule has 4 nitrogen and oxygen atoms in total. The van der Waals surface area contributed by atoms with Crippen LogP contribution in [-0.2, 0) is 0 Å². The fourth-order valence-electron chi connectivity index (χ4n) is 2.26. The third kappa shape index (κ3) is 3.13. The maximum atomic E-state index is 10.8. The van der Waals surface area contributed by atoms with Crippen molar-refractivity contribution in [2.24, 2.45) is 5.41 Å². The molecule has 0 radical (unpaired) electrons. The Hall–Kier alpha value is -1.84. The van der Waals surface area contributed by atoms with Gasteiger partial charge in [-0.2, -0.15) is 0 Å².